The van der Waals surface area contributed by atoms with Crippen LogP contribution in [0.5, 0.6) is 0 Å². The van der Waals surface area contributed by atoms with Gasteiger partial charge in [0, 0.05) is 31.6 Å². The van der Waals surface area contributed by atoms with E-state index in [0.717, 1.165) is 38.3 Å². The Kier molecular flexibility index (Phi) is 4.64. The number of piperidine rings is 1. The summed E-state index contributed by atoms with van der Waals surface area (Å²) in [6, 6.07) is 19.1. The van der Waals surface area contributed by atoms with E-state index in [4.69, 9.17) is 5.26 Å². The van der Waals surface area contributed by atoms with Crippen LogP contribution in [0.3, 0.4) is 0 Å². The van der Waals surface area contributed by atoms with Crippen LogP contribution in [0.1, 0.15) is 30.0 Å². The van der Waals surface area contributed by atoms with Crippen molar-refractivity contribution in [1.29, 1.82) is 5.26 Å². The molecule has 4 rings (SSSR count). The lowest BCUT2D eigenvalue weighted by molar-refractivity contribution is 0.295. The van der Waals surface area contributed by atoms with Crippen molar-refractivity contribution in [2.45, 2.75) is 24.8 Å². The second kappa shape index (κ2) is 7.22. The van der Waals surface area contributed by atoms with Gasteiger partial charge in [0.15, 0.2) is 0 Å². The number of nitrogens with one attached hydrogen (secondary N) is 2. The molecule has 2 N–H and O–H groups in total. The summed E-state index contributed by atoms with van der Waals surface area (Å²) in [5.41, 5.74) is 8.79. The molecule has 0 saturated carbocycles. The molecule has 0 amide bonds. The number of anilines is 1. The van der Waals surface area contributed by atoms with E-state index in [-0.39, 0.29) is 0 Å². The van der Waals surface area contributed by atoms with Gasteiger partial charge >= 0.3 is 0 Å². The molecule has 1 aromatic heterocycles. The number of hydrogen-bond acceptors (Lipinski definition) is 5. The summed E-state index contributed by atoms with van der Waals surface area (Å²) in [5, 5.41) is 9.04. The number of pyridine rings is 1. The normalized spacial score (nSPS) is 24.2. The Hall–Kier alpha value is -2.42. The first kappa shape index (κ1) is 16.1. The number of nitrogens with zero attached hydrogens (tertiary/aromatic N) is 3. The summed E-state index contributed by atoms with van der Waals surface area (Å²) in [6.07, 6.45) is 2.28. The largest absolute Gasteiger partial charge is 0.357 e. The summed E-state index contributed by atoms with van der Waals surface area (Å²) < 4.78 is 0. The summed E-state index contributed by atoms with van der Waals surface area (Å²) in [4.78, 5) is 6.74. The van der Waals surface area contributed by atoms with Crippen LogP contribution in [0.25, 0.3) is 0 Å². The van der Waals surface area contributed by atoms with E-state index >= 15 is 0 Å². The van der Waals surface area contributed by atoms with Crippen molar-refractivity contribution in [1.82, 2.24) is 15.8 Å². The van der Waals surface area contributed by atoms with Crippen LogP contribution < -0.4 is 15.8 Å². The lowest BCUT2D eigenvalue weighted by Crippen LogP contribution is -2.44. The number of hydrazine groups is 1. The fourth-order valence-electron chi connectivity index (χ4n) is 4.14. The fraction of sp³-hybridized carbons (Fsp3) is 0.400. The topological polar surface area (TPSA) is 64.0 Å². The van der Waals surface area contributed by atoms with Gasteiger partial charge in [0.1, 0.15) is 17.6 Å². The van der Waals surface area contributed by atoms with E-state index in [1.807, 2.05) is 12.1 Å². The Bertz CT molecular complexity index is 746. The molecule has 5 heteroatoms. The molecule has 2 unspecified atom stereocenters. The summed E-state index contributed by atoms with van der Waals surface area (Å²) >= 11 is 0. The zero-order valence-corrected chi connectivity index (χ0v) is 14.2. The minimum atomic E-state index is 0.475. The van der Waals surface area contributed by atoms with Crippen molar-refractivity contribution >= 4 is 5.82 Å². The summed E-state index contributed by atoms with van der Waals surface area (Å²) in [5.74, 6) is 2.10. The molecule has 0 aliphatic carbocycles. The molecule has 1 aromatic carbocycles. The number of rotatable bonds is 3. The smallest absolute Gasteiger partial charge is 0.142 e. The maximum absolute atomic E-state index is 9.04. The third-order valence-corrected chi connectivity index (χ3v) is 5.47. The van der Waals surface area contributed by atoms with Crippen LogP contribution in [-0.2, 0) is 0 Å². The van der Waals surface area contributed by atoms with Crippen LogP contribution in [0, 0.1) is 17.2 Å². The predicted octanol–water partition coefficient (Wildman–Crippen LogP) is 2.43. The lowest BCUT2D eigenvalue weighted by atomic mass is 9.80. The van der Waals surface area contributed by atoms with Crippen molar-refractivity contribution in [3.05, 3.63) is 59.8 Å². The zero-order valence-electron chi connectivity index (χ0n) is 14.2. The molecular formula is C20H23N5. The third-order valence-electron chi connectivity index (χ3n) is 5.47. The highest BCUT2D eigenvalue weighted by Gasteiger charge is 2.36. The minimum absolute atomic E-state index is 0.475. The van der Waals surface area contributed by atoms with Crippen LogP contribution >= 0.6 is 0 Å². The van der Waals surface area contributed by atoms with Gasteiger partial charge in [-0.05, 0) is 36.5 Å². The van der Waals surface area contributed by atoms with Gasteiger partial charge < -0.3 is 4.90 Å². The Morgan fingerprint density at radius 2 is 1.84 bits per heavy atom. The molecule has 0 spiro atoms. The minimum Gasteiger partial charge on any atom is -0.357 e. The van der Waals surface area contributed by atoms with Crippen LogP contribution in [0.4, 0.5) is 5.82 Å². The molecule has 2 aliphatic heterocycles. The van der Waals surface area contributed by atoms with E-state index in [9.17, 15) is 0 Å². The highest BCUT2D eigenvalue weighted by molar-refractivity contribution is 5.42. The van der Waals surface area contributed by atoms with E-state index in [0.29, 0.717) is 23.6 Å². The van der Waals surface area contributed by atoms with Crippen molar-refractivity contribution in [2.75, 3.05) is 24.5 Å². The van der Waals surface area contributed by atoms with Gasteiger partial charge in [-0.15, -0.1) is 0 Å². The molecular weight excluding hydrogens is 310 g/mol. The first-order chi connectivity index (χ1) is 12.3. The second-order valence-electron chi connectivity index (χ2n) is 6.89. The molecule has 0 radical (unpaired) electrons. The van der Waals surface area contributed by atoms with Crippen LogP contribution in [-0.4, -0.2) is 30.7 Å². The molecule has 0 bridgehead atoms. The monoisotopic (exact) mass is 333 g/mol. The molecule has 2 atom stereocenters. The maximum atomic E-state index is 9.04. The number of hydrogen-bond donors (Lipinski definition) is 2. The molecule has 2 aromatic rings. The highest BCUT2D eigenvalue weighted by Crippen LogP contribution is 2.33. The molecule has 25 heavy (non-hydrogen) atoms. The van der Waals surface area contributed by atoms with Gasteiger partial charge in [-0.1, -0.05) is 36.4 Å². The second-order valence-corrected chi connectivity index (χ2v) is 6.89. The van der Waals surface area contributed by atoms with Gasteiger partial charge in [0.25, 0.3) is 0 Å². The number of nitriles is 1. The quantitative estimate of drug-likeness (QED) is 0.903. The van der Waals surface area contributed by atoms with E-state index in [2.05, 4.69) is 57.1 Å². The van der Waals surface area contributed by atoms with Gasteiger partial charge in [-0.2, -0.15) is 5.26 Å². The predicted molar refractivity (Wildman–Crippen MR) is 98.0 cm³/mol. The average molecular weight is 333 g/mol. The molecule has 3 heterocycles. The van der Waals surface area contributed by atoms with Crippen molar-refractivity contribution in [3.8, 4) is 6.07 Å². The van der Waals surface area contributed by atoms with Gasteiger partial charge in [-0.3, -0.25) is 10.9 Å². The Morgan fingerprint density at radius 1 is 1.04 bits per heavy atom. The van der Waals surface area contributed by atoms with E-state index in [1.54, 1.807) is 6.07 Å². The number of aromatic nitrogens is 1. The standard InChI is InChI=1S/C20H23N5/c21-13-17-7-4-8-19(23-17)25-11-9-16(10-12-25)20-18(14-22-24-20)15-5-2-1-3-6-15/h1-8,16,18,20,22,24H,9-12,14H2. The SMILES string of the molecule is N#Cc1cccc(N2CCC(C3NNCC3c3ccccc3)CC2)n1. The van der Waals surface area contributed by atoms with Crippen molar-refractivity contribution in [2.24, 2.45) is 5.92 Å². The third kappa shape index (κ3) is 3.37. The van der Waals surface area contributed by atoms with Gasteiger partial charge in [0.05, 0.1) is 0 Å². The Morgan fingerprint density at radius 3 is 2.60 bits per heavy atom. The Balaban J connectivity index is 1.42. The lowest BCUT2D eigenvalue weighted by Gasteiger charge is -2.37. The van der Waals surface area contributed by atoms with Crippen LogP contribution in [0.2, 0.25) is 0 Å². The molecule has 128 valence electrons. The number of benzene rings is 1. The fourth-order valence-corrected chi connectivity index (χ4v) is 4.14. The first-order valence-electron chi connectivity index (χ1n) is 9.00. The van der Waals surface area contributed by atoms with Gasteiger partial charge in [0.2, 0.25) is 0 Å². The average Bonchev–Trinajstić information content (AvgIpc) is 3.19. The molecule has 5 nitrogen and oxygen atoms in total. The van der Waals surface area contributed by atoms with Gasteiger partial charge in [-0.25, -0.2) is 4.98 Å². The van der Waals surface area contributed by atoms with Crippen LogP contribution in [0.15, 0.2) is 48.5 Å². The highest BCUT2D eigenvalue weighted by atomic mass is 15.4. The van der Waals surface area contributed by atoms with E-state index < -0.39 is 0 Å². The molecule has 2 saturated heterocycles. The summed E-state index contributed by atoms with van der Waals surface area (Å²) in [7, 11) is 0. The zero-order chi connectivity index (χ0) is 17.1. The Labute approximate surface area is 148 Å². The molecule has 2 aliphatic rings. The van der Waals surface area contributed by atoms with Crippen molar-refractivity contribution < 1.29 is 0 Å². The molecule has 2 fully saturated rings. The van der Waals surface area contributed by atoms with E-state index in [1.165, 1.54) is 5.56 Å². The van der Waals surface area contributed by atoms with Crippen molar-refractivity contribution in [3.63, 3.8) is 0 Å². The summed E-state index contributed by atoms with van der Waals surface area (Å²) in [6.45, 7) is 2.97. The first-order valence-corrected chi connectivity index (χ1v) is 9.00. The maximum Gasteiger partial charge on any atom is 0.142 e.